The Labute approximate surface area is 249 Å². The summed E-state index contributed by atoms with van der Waals surface area (Å²) in [6.45, 7) is 7.68. The molecule has 4 heteroatoms. The van der Waals surface area contributed by atoms with Gasteiger partial charge in [-0.25, -0.2) is 0 Å². The molecule has 0 atom stereocenters. The van der Waals surface area contributed by atoms with E-state index in [2.05, 4.69) is 32.9 Å². The van der Waals surface area contributed by atoms with Crippen LogP contribution in [0.1, 0.15) is 175 Å². The lowest BCUT2D eigenvalue weighted by molar-refractivity contribution is -0.143. The van der Waals surface area contributed by atoms with Crippen molar-refractivity contribution in [2.24, 2.45) is 5.92 Å². The largest absolute Gasteiger partial charge is 0.461 e. The molecule has 0 radical (unpaired) electrons. The van der Waals surface area contributed by atoms with Gasteiger partial charge in [0.1, 0.15) is 13.2 Å². The van der Waals surface area contributed by atoms with Gasteiger partial charge in [-0.2, -0.15) is 0 Å². The van der Waals surface area contributed by atoms with Crippen molar-refractivity contribution < 1.29 is 19.1 Å². The molecule has 0 aromatic carbocycles. The second kappa shape index (κ2) is 31.9. The standard InChI is InChI=1S/C36H66O4/c1-4-6-8-10-12-20-26-32-39-35(37)30-24-18-14-16-22-28-34(3)29-23-17-15-19-25-31-36(38)40-33-27-21-13-11-9-7-5-2/h20-21,26-27,34H,4-19,22-25,28-33H2,1-3H3/b26-20-,27-21-. The summed E-state index contributed by atoms with van der Waals surface area (Å²) in [5, 5.41) is 0. The Kier molecular flexibility index (Phi) is 30.7. The molecule has 0 heterocycles. The number of esters is 2. The molecule has 40 heavy (non-hydrogen) atoms. The van der Waals surface area contributed by atoms with Crippen LogP contribution in [0.3, 0.4) is 0 Å². The third-order valence-electron chi connectivity index (χ3n) is 7.62. The maximum atomic E-state index is 11.8. The Balaban J connectivity index is 3.40. The average Bonchev–Trinajstić information content (AvgIpc) is 2.94. The van der Waals surface area contributed by atoms with Crippen LogP contribution in [0.4, 0.5) is 0 Å². The number of rotatable bonds is 30. The molecule has 4 nitrogen and oxygen atoms in total. The van der Waals surface area contributed by atoms with Gasteiger partial charge in [0.25, 0.3) is 0 Å². The van der Waals surface area contributed by atoms with Gasteiger partial charge < -0.3 is 9.47 Å². The van der Waals surface area contributed by atoms with E-state index in [1.165, 1.54) is 103 Å². The van der Waals surface area contributed by atoms with Crippen LogP contribution in [0.5, 0.6) is 0 Å². The number of hydrogen-bond acceptors (Lipinski definition) is 4. The second-order valence-corrected chi connectivity index (χ2v) is 11.7. The minimum absolute atomic E-state index is 0.0552. The zero-order chi connectivity index (χ0) is 29.4. The predicted molar refractivity (Wildman–Crippen MR) is 172 cm³/mol. The van der Waals surface area contributed by atoms with E-state index < -0.39 is 0 Å². The van der Waals surface area contributed by atoms with E-state index >= 15 is 0 Å². The van der Waals surface area contributed by atoms with Crippen LogP contribution in [0, 0.1) is 5.92 Å². The molecule has 0 saturated heterocycles. The first-order chi connectivity index (χ1) is 19.6. The minimum atomic E-state index is -0.0552. The van der Waals surface area contributed by atoms with Crippen molar-refractivity contribution in [2.75, 3.05) is 13.2 Å². The summed E-state index contributed by atoms with van der Waals surface area (Å²) < 4.78 is 10.6. The van der Waals surface area contributed by atoms with Gasteiger partial charge in [-0.3, -0.25) is 9.59 Å². The first-order valence-corrected chi connectivity index (χ1v) is 17.2. The van der Waals surface area contributed by atoms with Gasteiger partial charge in [0.2, 0.25) is 0 Å². The Bertz CT molecular complexity index is 558. The van der Waals surface area contributed by atoms with Crippen molar-refractivity contribution >= 4 is 11.9 Å². The summed E-state index contributed by atoms with van der Waals surface area (Å²) in [6, 6.07) is 0. The fourth-order valence-corrected chi connectivity index (χ4v) is 4.91. The molecule has 0 N–H and O–H groups in total. The van der Waals surface area contributed by atoms with Crippen molar-refractivity contribution in [1.29, 1.82) is 0 Å². The van der Waals surface area contributed by atoms with Crippen LogP contribution >= 0.6 is 0 Å². The lowest BCUT2D eigenvalue weighted by Crippen LogP contribution is -2.04. The monoisotopic (exact) mass is 562 g/mol. The van der Waals surface area contributed by atoms with Crippen LogP contribution in [-0.4, -0.2) is 25.2 Å². The summed E-state index contributed by atoms with van der Waals surface area (Å²) in [4.78, 5) is 23.6. The van der Waals surface area contributed by atoms with E-state index in [0.29, 0.717) is 26.1 Å². The number of hydrogen-bond donors (Lipinski definition) is 0. The Morgan fingerprint density at radius 3 is 1.30 bits per heavy atom. The predicted octanol–water partition coefficient (Wildman–Crippen LogP) is 11.2. The molecule has 0 aliphatic rings. The molecule has 0 aliphatic carbocycles. The highest BCUT2D eigenvalue weighted by Gasteiger charge is 2.05. The van der Waals surface area contributed by atoms with Crippen LogP contribution in [0.2, 0.25) is 0 Å². The van der Waals surface area contributed by atoms with E-state index in [4.69, 9.17) is 9.47 Å². The first-order valence-electron chi connectivity index (χ1n) is 17.2. The van der Waals surface area contributed by atoms with Crippen molar-refractivity contribution in [3.05, 3.63) is 24.3 Å². The second-order valence-electron chi connectivity index (χ2n) is 11.7. The van der Waals surface area contributed by atoms with E-state index in [9.17, 15) is 9.59 Å². The third-order valence-corrected chi connectivity index (χ3v) is 7.62. The Morgan fingerprint density at radius 1 is 0.500 bits per heavy atom. The molecule has 234 valence electrons. The molecule has 0 aliphatic heterocycles. The first kappa shape index (κ1) is 38.4. The quantitative estimate of drug-likeness (QED) is 0.0496. The summed E-state index contributed by atoms with van der Waals surface area (Å²) >= 11 is 0. The SMILES string of the molecule is CCCCCC/C=C\COC(=O)CCCCCCCC(C)CCCCCCCC(=O)OC/C=C\CCCCCC. The maximum absolute atomic E-state index is 11.8. The molecule has 0 bridgehead atoms. The van der Waals surface area contributed by atoms with E-state index in [-0.39, 0.29) is 11.9 Å². The smallest absolute Gasteiger partial charge is 0.306 e. The molecular weight excluding hydrogens is 496 g/mol. The van der Waals surface area contributed by atoms with Crippen LogP contribution < -0.4 is 0 Å². The molecule has 0 unspecified atom stereocenters. The number of allylic oxidation sites excluding steroid dienone is 2. The summed E-state index contributed by atoms with van der Waals surface area (Å²) in [5.74, 6) is 0.685. The molecule has 0 rings (SSSR count). The number of ether oxygens (including phenoxy) is 2. The van der Waals surface area contributed by atoms with Gasteiger partial charge in [0.05, 0.1) is 0 Å². The zero-order valence-electron chi connectivity index (χ0n) is 26.9. The third kappa shape index (κ3) is 31.0. The maximum Gasteiger partial charge on any atom is 0.306 e. The van der Waals surface area contributed by atoms with E-state index in [0.717, 1.165) is 44.4 Å². The summed E-state index contributed by atoms with van der Waals surface area (Å²) in [7, 11) is 0. The molecule has 0 aromatic heterocycles. The molecule has 0 aromatic rings. The number of unbranched alkanes of at least 4 members (excludes halogenated alkanes) is 16. The van der Waals surface area contributed by atoms with Crippen LogP contribution in [0.25, 0.3) is 0 Å². The van der Waals surface area contributed by atoms with E-state index in [1.807, 2.05) is 12.2 Å². The number of carbonyl (C=O) groups excluding carboxylic acids is 2. The van der Waals surface area contributed by atoms with Crippen molar-refractivity contribution in [3.63, 3.8) is 0 Å². The summed E-state index contributed by atoms with van der Waals surface area (Å²) in [6.07, 6.45) is 36.1. The number of carbonyl (C=O) groups is 2. The minimum Gasteiger partial charge on any atom is -0.461 e. The Morgan fingerprint density at radius 2 is 0.875 bits per heavy atom. The van der Waals surface area contributed by atoms with Gasteiger partial charge in [-0.1, -0.05) is 148 Å². The lowest BCUT2D eigenvalue weighted by atomic mass is 9.96. The summed E-state index contributed by atoms with van der Waals surface area (Å²) in [5.41, 5.74) is 0. The van der Waals surface area contributed by atoms with Gasteiger partial charge >= 0.3 is 11.9 Å². The molecule has 0 fully saturated rings. The molecular formula is C36H66O4. The van der Waals surface area contributed by atoms with Gasteiger partial charge in [0.15, 0.2) is 0 Å². The lowest BCUT2D eigenvalue weighted by Gasteiger charge is -2.11. The van der Waals surface area contributed by atoms with E-state index in [1.54, 1.807) is 0 Å². The van der Waals surface area contributed by atoms with Gasteiger partial charge in [0, 0.05) is 12.8 Å². The fourth-order valence-electron chi connectivity index (χ4n) is 4.91. The molecule has 0 saturated carbocycles. The molecule has 0 amide bonds. The fraction of sp³-hybridized carbons (Fsp3) is 0.833. The van der Waals surface area contributed by atoms with Crippen LogP contribution in [0.15, 0.2) is 24.3 Å². The van der Waals surface area contributed by atoms with Crippen LogP contribution in [-0.2, 0) is 19.1 Å². The van der Waals surface area contributed by atoms with Crippen molar-refractivity contribution in [2.45, 2.75) is 175 Å². The van der Waals surface area contributed by atoms with Gasteiger partial charge in [-0.15, -0.1) is 0 Å². The van der Waals surface area contributed by atoms with Crippen molar-refractivity contribution in [1.82, 2.24) is 0 Å². The highest BCUT2D eigenvalue weighted by molar-refractivity contribution is 5.69. The Hall–Kier alpha value is -1.58. The van der Waals surface area contributed by atoms with Crippen molar-refractivity contribution in [3.8, 4) is 0 Å². The average molecular weight is 563 g/mol. The highest BCUT2D eigenvalue weighted by Crippen LogP contribution is 2.18. The normalized spacial score (nSPS) is 11.7. The molecule has 0 spiro atoms. The van der Waals surface area contributed by atoms with Gasteiger partial charge in [-0.05, 0) is 44.4 Å². The highest BCUT2D eigenvalue weighted by atomic mass is 16.5. The zero-order valence-corrected chi connectivity index (χ0v) is 26.9. The topological polar surface area (TPSA) is 52.6 Å².